The van der Waals surface area contributed by atoms with Crippen molar-refractivity contribution in [1.82, 2.24) is 15.1 Å². The summed E-state index contributed by atoms with van der Waals surface area (Å²) in [6.45, 7) is 4.85. The number of benzene rings is 1. The minimum Gasteiger partial charge on any atom is -0.306 e. The molecular weight excluding hydrogens is 281 g/mol. The molecule has 0 fully saturated rings. The molecule has 3 nitrogen and oxygen atoms in total. The molecule has 2 aromatic rings. The molecule has 0 saturated carbocycles. The first-order valence-electron chi connectivity index (χ1n) is 6.15. The van der Waals surface area contributed by atoms with Gasteiger partial charge >= 0.3 is 0 Å². The molecule has 1 aromatic heterocycles. The third-order valence-electron chi connectivity index (χ3n) is 3.35. The van der Waals surface area contributed by atoms with E-state index in [0.717, 1.165) is 16.3 Å². The van der Waals surface area contributed by atoms with Gasteiger partial charge in [0.25, 0.3) is 0 Å². The van der Waals surface area contributed by atoms with Crippen LogP contribution in [0.5, 0.6) is 0 Å². The minimum atomic E-state index is 0.212. The van der Waals surface area contributed by atoms with Gasteiger partial charge in [0.2, 0.25) is 0 Å². The van der Waals surface area contributed by atoms with Crippen LogP contribution in [0.1, 0.15) is 29.8 Å². The second-order valence-electron chi connectivity index (χ2n) is 4.65. The van der Waals surface area contributed by atoms with Crippen LogP contribution < -0.4 is 5.32 Å². The summed E-state index contributed by atoms with van der Waals surface area (Å²) in [5.41, 5.74) is 3.36. The predicted molar refractivity (Wildman–Crippen MR) is 79.7 cm³/mol. The van der Waals surface area contributed by atoms with E-state index >= 15 is 0 Å². The van der Waals surface area contributed by atoms with E-state index in [9.17, 15) is 0 Å². The van der Waals surface area contributed by atoms with E-state index in [4.69, 9.17) is 23.2 Å². The second kappa shape index (κ2) is 5.95. The van der Waals surface area contributed by atoms with Crippen LogP contribution in [0.15, 0.2) is 24.4 Å². The number of hydrogen-bond acceptors (Lipinski definition) is 2. The Bertz CT molecular complexity index is 578. The predicted octanol–water partition coefficient (Wildman–Crippen LogP) is 3.89. The van der Waals surface area contributed by atoms with Crippen LogP contribution in [-0.2, 0) is 13.6 Å². The molecule has 5 heteroatoms. The largest absolute Gasteiger partial charge is 0.306 e. The number of hydrogen-bond donors (Lipinski definition) is 1. The maximum Gasteiger partial charge on any atom is 0.0540 e. The van der Waals surface area contributed by atoms with Crippen LogP contribution in [-0.4, -0.2) is 9.78 Å². The van der Waals surface area contributed by atoms with Crippen molar-refractivity contribution in [1.29, 1.82) is 0 Å². The van der Waals surface area contributed by atoms with Gasteiger partial charge in [-0.2, -0.15) is 5.10 Å². The zero-order valence-electron chi connectivity index (χ0n) is 11.2. The second-order valence-corrected chi connectivity index (χ2v) is 5.49. The smallest absolute Gasteiger partial charge is 0.0540 e. The molecule has 0 aliphatic heterocycles. The number of aryl methyl sites for hydroxylation is 1. The van der Waals surface area contributed by atoms with E-state index in [0.29, 0.717) is 11.6 Å². The van der Waals surface area contributed by atoms with Crippen molar-refractivity contribution < 1.29 is 0 Å². The average Bonchev–Trinajstić information content (AvgIpc) is 2.71. The fourth-order valence-corrected chi connectivity index (χ4v) is 2.37. The third kappa shape index (κ3) is 3.30. The number of aromatic nitrogens is 2. The van der Waals surface area contributed by atoms with Gasteiger partial charge in [-0.05, 0) is 37.6 Å². The standard InChI is InChI=1S/C14H17Cl2N3/c1-9(13-8-18-19(3)10(13)2)17-7-11-6-12(15)4-5-14(11)16/h4-6,8-9,17H,7H2,1-3H3. The summed E-state index contributed by atoms with van der Waals surface area (Å²) >= 11 is 12.1. The van der Waals surface area contributed by atoms with Gasteiger partial charge in [-0.3, -0.25) is 4.68 Å². The van der Waals surface area contributed by atoms with E-state index in [1.54, 1.807) is 6.07 Å². The van der Waals surface area contributed by atoms with Crippen LogP contribution in [0.25, 0.3) is 0 Å². The molecule has 0 radical (unpaired) electrons. The fraction of sp³-hybridized carbons (Fsp3) is 0.357. The van der Waals surface area contributed by atoms with E-state index in [1.165, 1.54) is 5.56 Å². The van der Waals surface area contributed by atoms with E-state index in [-0.39, 0.29) is 6.04 Å². The molecule has 2 rings (SSSR count). The highest BCUT2D eigenvalue weighted by molar-refractivity contribution is 6.33. The lowest BCUT2D eigenvalue weighted by Gasteiger charge is -2.14. The van der Waals surface area contributed by atoms with E-state index in [1.807, 2.05) is 30.1 Å². The quantitative estimate of drug-likeness (QED) is 0.928. The maximum atomic E-state index is 6.15. The van der Waals surface area contributed by atoms with Gasteiger partial charge in [0.1, 0.15) is 0 Å². The zero-order chi connectivity index (χ0) is 14.0. The molecule has 1 aromatic carbocycles. The van der Waals surface area contributed by atoms with E-state index in [2.05, 4.69) is 24.3 Å². The Kier molecular flexibility index (Phi) is 4.50. The highest BCUT2D eigenvalue weighted by atomic mass is 35.5. The topological polar surface area (TPSA) is 29.9 Å². The lowest BCUT2D eigenvalue weighted by Crippen LogP contribution is -2.18. The lowest BCUT2D eigenvalue weighted by molar-refractivity contribution is 0.570. The van der Waals surface area contributed by atoms with Gasteiger partial charge in [0.15, 0.2) is 0 Å². The normalized spacial score (nSPS) is 12.7. The SMILES string of the molecule is Cc1c(C(C)NCc2cc(Cl)ccc2Cl)cnn1C. The number of nitrogens with zero attached hydrogens (tertiary/aromatic N) is 2. The van der Waals surface area contributed by atoms with Gasteiger partial charge < -0.3 is 5.32 Å². The van der Waals surface area contributed by atoms with Crippen molar-refractivity contribution in [3.63, 3.8) is 0 Å². The highest BCUT2D eigenvalue weighted by Gasteiger charge is 2.12. The molecule has 0 aliphatic rings. The number of halogens is 2. The molecule has 0 saturated heterocycles. The monoisotopic (exact) mass is 297 g/mol. The van der Waals surface area contributed by atoms with Gasteiger partial charge in [0, 0.05) is 40.9 Å². The molecule has 0 spiro atoms. The van der Waals surface area contributed by atoms with Gasteiger partial charge in [-0.1, -0.05) is 23.2 Å². The third-order valence-corrected chi connectivity index (χ3v) is 3.95. The molecule has 102 valence electrons. The molecule has 0 amide bonds. The van der Waals surface area contributed by atoms with Crippen LogP contribution in [0.2, 0.25) is 10.0 Å². The molecule has 1 atom stereocenters. The lowest BCUT2D eigenvalue weighted by atomic mass is 10.1. The van der Waals surface area contributed by atoms with Gasteiger partial charge in [-0.25, -0.2) is 0 Å². The maximum absolute atomic E-state index is 6.15. The first kappa shape index (κ1) is 14.4. The van der Waals surface area contributed by atoms with Crippen LogP contribution in [0, 0.1) is 6.92 Å². The first-order chi connectivity index (χ1) is 8.99. The molecule has 0 aliphatic carbocycles. The minimum absolute atomic E-state index is 0.212. The fourth-order valence-electron chi connectivity index (χ4n) is 1.99. The Balaban J connectivity index is 2.06. The molecular formula is C14H17Cl2N3. The van der Waals surface area contributed by atoms with Crippen molar-refractivity contribution in [3.8, 4) is 0 Å². The van der Waals surface area contributed by atoms with Gasteiger partial charge in [-0.15, -0.1) is 0 Å². The van der Waals surface area contributed by atoms with Crippen molar-refractivity contribution >= 4 is 23.2 Å². The summed E-state index contributed by atoms with van der Waals surface area (Å²) in [5, 5.41) is 9.12. The summed E-state index contributed by atoms with van der Waals surface area (Å²) < 4.78 is 1.87. The molecule has 1 heterocycles. The van der Waals surface area contributed by atoms with Crippen LogP contribution >= 0.6 is 23.2 Å². The van der Waals surface area contributed by atoms with Crippen molar-refractivity contribution in [3.05, 3.63) is 51.3 Å². The first-order valence-corrected chi connectivity index (χ1v) is 6.90. The molecule has 19 heavy (non-hydrogen) atoms. The van der Waals surface area contributed by atoms with Crippen molar-refractivity contribution in [2.45, 2.75) is 26.4 Å². The summed E-state index contributed by atoms with van der Waals surface area (Å²) in [6, 6.07) is 5.71. The Labute approximate surface area is 123 Å². The molecule has 0 bridgehead atoms. The Morgan fingerprint density at radius 3 is 2.74 bits per heavy atom. The summed E-state index contributed by atoms with van der Waals surface area (Å²) in [7, 11) is 1.94. The summed E-state index contributed by atoms with van der Waals surface area (Å²) in [5.74, 6) is 0. The Morgan fingerprint density at radius 1 is 1.37 bits per heavy atom. The van der Waals surface area contributed by atoms with Crippen molar-refractivity contribution in [2.75, 3.05) is 0 Å². The summed E-state index contributed by atoms with van der Waals surface area (Å²) in [4.78, 5) is 0. The highest BCUT2D eigenvalue weighted by Crippen LogP contribution is 2.22. The molecule has 1 unspecified atom stereocenters. The average molecular weight is 298 g/mol. The van der Waals surface area contributed by atoms with E-state index < -0.39 is 0 Å². The Morgan fingerprint density at radius 2 is 2.11 bits per heavy atom. The van der Waals surface area contributed by atoms with Gasteiger partial charge in [0.05, 0.1) is 6.20 Å². The van der Waals surface area contributed by atoms with Crippen molar-refractivity contribution in [2.24, 2.45) is 7.05 Å². The summed E-state index contributed by atoms with van der Waals surface area (Å²) in [6.07, 6.45) is 1.90. The van der Waals surface area contributed by atoms with Crippen LogP contribution in [0.3, 0.4) is 0 Å². The van der Waals surface area contributed by atoms with Crippen LogP contribution in [0.4, 0.5) is 0 Å². The molecule has 1 N–H and O–H groups in total. The number of nitrogens with one attached hydrogen (secondary N) is 1. The zero-order valence-corrected chi connectivity index (χ0v) is 12.8. The Hall–Kier alpha value is -1.03. The number of rotatable bonds is 4.